The zero-order valence-corrected chi connectivity index (χ0v) is 20.7. The molecule has 0 fully saturated rings. The largest absolute Gasteiger partial charge is 0.494 e. The number of benzene rings is 3. The van der Waals surface area contributed by atoms with E-state index in [4.69, 9.17) is 9.47 Å². The molecular weight excluding hydrogens is 420 g/mol. The molecule has 0 bridgehead atoms. The van der Waals surface area contributed by atoms with Crippen LogP contribution in [-0.4, -0.2) is 18.7 Å². The van der Waals surface area contributed by atoms with Crippen molar-refractivity contribution in [3.05, 3.63) is 84.4 Å². The smallest absolute Gasteiger partial charge is 0.338 e. The molecule has 0 heterocycles. The number of carbonyl (C=O) groups excluding carboxylic acids is 1. The summed E-state index contributed by atoms with van der Waals surface area (Å²) in [6.07, 6.45) is 7.41. The first-order chi connectivity index (χ1) is 16.5. The molecule has 0 N–H and O–H groups in total. The molecule has 0 spiro atoms. The fraction of sp³-hybridized carbons (Fsp3) is 0.323. The van der Waals surface area contributed by atoms with Gasteiger partial charge in [0, 0.05) is 0 Å². The van der Waals surface area contributed by atoms with Gasteiger partial charge in [0.25, 0.3) is 0 Å². The van der Waals surface area contributed by atoms with E-state index in [9.17, 15) is 4.79 Å². The fourth-order valence-electron chi connectivity index (χ4n) is 3.76. The van der Waals surface area contributed by atoms with Crippen molar-refractivity contribution in [2.24, 2.45) is 0 Å². The van der Waals surface area contributed by atoms with E-state index in [1.54, 1.807) is 0 Å². The number of esters is 1. The van der Waals surface area contributed by atoms with Crippen molar-refractivity contribution in [3.8, 4) is 28.0 Å². The first-order valence-electron chi connectivity index (χ1n) is 12.4. The molecule has 3 nitrogen and oxygen atoms in total. The lowest BCUT2D eigenvalue weighted by molar-refractivity contribution is 0.0334. The maximum Gasteiger partial charge on any atom is 0.338 e. The lowest BCUT2D eigenvalue weighted by Gasteiger charge is -2.12. The van der Waals surface area contributed by atoms with E-state index < -0.39 is 0 Å². The van der Waals surface area contributed by atoms with Crippen molar-refractivity contribution < 1.29 is 14.3 Å². The molecule has 0 aromatic heterocycles. The quantitative estimate of drug-likeness (QED) is 0.202. The van der Waals surface area contributed by atoms with Gasteiger partial charge in [0.15, 0.2) is 0 Å². The van der Waals surface area contributed by atoms with Crippen molar-refractivity contribution in [3.63, 3.8) is 0 Å². The van der Waals surface area contributed by atoms with Crippen molar-refractivity contribution >= 4 is 12.0 Å². The number of ether oxygens (including phenoxy) is 2. The molecule has 178 valence electrons. The molecular formula is C31H36O3. The highest BCUT2D eigenvalue weighted by atomic mass is 16.5. The third-order valence-electron chi connectivity index (χ3n) is 6.04. The van der Waals surface area contributed by atoms with Crippen LogP contribution in [-0.2, 0) is 4.74 Å². The summed E-state index contributed by atoms with van der Waals surface area (Å²) in [6, 6.07) is 22.2. The van der Waals surface area contributed by atoms with Crippen molar-refractivity contribution in [2.75, 3.05) is 6.61 Å². The van der Waals surface area contributed by atoms with Gasteiger partial charge in [0.05, 0.1) is 18.3 Å². The predicted molar refractivity (Wildman–Crippen MR) is 142 cm³/mol. The molecule has 0 aliphatic carbocycles. The third kappa shape index (κ3) is 6.84. The Morgan fingerprint density at radius 1 is 0.882 bits per heavy atom. The van der Waals surface area contributed by atoms with Crippen LogP contribution in [0.2, 0.25) is 0 Å². The number of carbonyl (C=O) groups is 1. The Hall–Kier alpha value is -3.33. The minimum absolute atomic E-state index is 0.0821. The average Bonchev–Trinajstić information content (AvgIpc) is 2.88. The van der Waals surface area contributed by atoms with Crippen LogP contribution in [0.25, 0.3) is 28.3 Å². The monoisotopic (exact) mass is 456 g/mol. The van der Waals surface area contributed by atoms with E-state index in [0.29, 0.717) is 5.56 Å². The summed E-state index contributed by atoms with van der Waals surface area (Å²) in [7, 11) is 0. The molecule has 1 atom stereocenters. The van der Waals surface area contributed by atoms with Crippen LogP contribution >= 0.6 is 0 Å². The van der Waals surface area contributed by atoms with Crippen LogP contribution in [0.15, 0.2) is 73.3 Å². The van der Waals surface area contributed by atoms with Crippen LogP contribution in [0.3, 0.4) is 0 Å². The average molecular weight is 457 g/mol. The fourth-order valence-corrected chi connectivity index (χ4v) is 3.76. The summed E-state index contributed by atoms with van der Waals surface area (Å²) < 4.78 is 11.3. The van der Waals surface area contributed by atoms with Gasteiger partial charge in [-0.25, -0.2) is 4.79 Å². The van der Waals surface area contributed by atoms with Gasteiger partial charge in [0.2, 0.25) is 0 Å². The standard InChI is InChI=1S/C31H36O3/c1-5-8-9-10-21-33-29-18-15-26(16-19-29)30-20-17-28(22-24(30)7-3)25-11-13-27(14-12-25)31(32)34-23(4)6-2/h7,11-20,22-23H,3,5-6,8-10,21H2,1-2,4H3/t23-/m0/s1. The second kappa shape index (κ2) is 12.8. The first kappa shape index (κ1) is 25.3. The van der Waals surface area contributed by atoms with E-state index >= 15 is 0 Å². The summed E-state index contributed by atoms with van der Waals surface area (Å²) in [5, 5.41) is 0. The highest BCUT2D eigenvalue weighted by molar-refractivity contribution is 5.90. The molecule has 3 heteroatoms. The molecule has 3 aromatic rings. The number of unbranched alkanes of at least 4 members (excludes halogenated alkanes) is 3. The highest BCUT2D eigenvalue weighted by Gasteiger charge is 2.11. The Labute approximate surface area is 204 Å². The van der Waals surface area contributed by atoms with E-state index in [1.807, 2.05) is 56.3 Å². The van der Waals surface area contributed by atoms with Crippen LogP contribution in [0, 0.1) is 0 Å². The number of hydrogen-bond acceptors (Lipinski definition) is 3. The number of rotatable bonds is 12. The molecule has 0 unspecified atom stereocenters. The molecule has 0 amide bonds. The Morgan fingerprint density at radius 2 is 1.56 bits per heavy atom. The zero-order valence-electron chi connectivity index (χ0n) is 20.7. The summed E-state index contributed by atoms with van der Waals surface area (Å²) >= 11 is 0. The summed E-state index contributed by atoms with van der Waals surface area (Å²) in [4.78, 5) is 12.2. The molecule has 3 rings (SSSR count). The van der Waals surface area contributed by atoms with Crippen LogP contribution in [0.1, 0.15) is 68.8 Å². The first-order valence-corrected chi connectivity index (χ1v) is 12.4. The summed E-state index contributed by atoms with van der Waals surface area (Å²) in [5.74, 6) is 0.625. The minimum Gasteiger partial charge on any atom is -0.494 e. The summed E-state index contributed by atoms with van der Waals surface area (Å²) in [5.41, 5.74) is 6.00. The lowest BCUT2D eigenvalue weighted by Crippen LogP contribution is -2.13. The molecule has 0 aliphatic heterocycles. The van der Waals surface area contributed by atoms with Gasteiger partial charge in [-0.1, -0.05) is 82.2 Å². The van der Waals surface area contributed by atoms with Gasteiger partial charge in [-0.2, -0.15) is 0 Å². The molecule has 0 aliphatic rings. The second-order valence-electron chi connectivity index (χ2n) is 8.64. The van der Waals surface area contributed by atoms with Crippen LogP contribution in [0.4, 0.5) is 0 Å². The van der Waals surface area contributed by atoms with E-state index in [-0.39, 0.29) is 12.1 Å². The number of hydrogen-bond donors (Lipinski definition) is 0. The highest BCUT2D eigenvalue weighted by Crippen LogP contribution is 2.31. The molecule has 0 radical (unpaired) electrons. The van der Waals surface area contributed by atoms with Crippen LogP contribution in [0.5, 0.6) is 5.75 Å². The van der Waals surface area contributed by atoms with Gasteiger partial charge in [-0.05, 0) is 77.9 Å². The SMILES string of the molecule is C=Cc1cc(-c2ccc(C(=O)O[C@@H](C)CC)cc2)ccc1-c1ccc(OCCCCCC)cc1. The Kier molecular flexibility index (Phi) is 9.51. The predicted octanol–water partition coefficient (Wildman–Crippen LogP) is 8.58. The molecule has 0 saturated heterocycles. The van der Waals surface area contributed by atoms with Gasteiger partial charge in [-0.3, -0.25) is 0 Å². The lowest BCUT2D eigenvalue weighted by atomic mass is 9.94. The van der Waals surface area contributed by atoms with E-state index in [2.05, 4.69) is 43.8 Å². The Bertz CT molecular complexity index is 1060. The van der Waals surface area contributed by atoms with Gasteiger partial charge < -0.3 is 9.47 Å². The Morgan fingerprint density at radius 3 is 2.21 bits per heavy atom. The maximum absolute atomic E-state index is 12.2. The molecule has 3 aromatic carbocycles. The normalized spacial score (nSPS) is 11.6. The molecule has 0 saturated carbocycles. The van der Waals surface area contributed by atoms with Gasteiger partial charge >= 0.3 is 5.97 Å². The van der Waals surface area contributed by atoms with E-state index in [0.717, 1.165) is 53.0 Å². The van der Waals surface area contributed by atoms with Crippen molar-refractivity contribution in [1.29, 1.82) is 0 Å². The maximum atomic E-state index is 12.2. The Balaban J connectivity index is 1.71. The van der Waals surface area contributed by atoms with Gasteiger partial charge in [-0.15, -0.1) is 0 Å². The third-order valence-corrected chi connectivity index (χ3v) is 6.04. The van der Waals surface area contributed by atoms with E-state index in [1.165, 1.54) is 19.3 Å². The zero-order chi connectivity index (χ0) is 24.3. The second-order valence-corrected chi connectivity index (χ2v) is 8.64. The van der Waals surface area contributed by atoms with Crippen LogP contribution < -0.4 is 4.74 Å². The minimum atomic E-state index is -0.281. The summed E-state index contributed by atoms with van der Waals surface area (Å²) in [6.45, 7) is 10.9. The van der Waals surface area contributed by atoms with Gasteiger partial charge in [0.1, 0.15) is 5.75 Å². The topological polar surface area (TPSA) is 35.5 Å². The molecule has 34 heavy (non-hydrogen) atoms. The van der Waals surface area contributed by atoms with Crippen molar-refractivity contribution in [2.45, 2.75) is 59.0 Å². The van der Waals surface area contributed by atoms with Crippen molar-refractivity contribution in [1.82, 2.24) is 0 Å².